The lowest BCUT2D eigenvalue weighted by atomic mass is 9.73. The Balaban J connectivity index is 2.49. The largest absolute Gasteiger partial charge is 0.321 e. The SMILES string of the molecule is CC1CCC(C(=O)C(N)CCS(C)(=O)=O)CC1C. The Morgan fingerprint density at radius 2 is 1.89 bits per heavy atom. The molecule has 0 aromatic carbocycles. The van der Waals surface area contributed by atoms with Crippen molar-refractivity contribution >= 4 is 15.6 Å². The van der Waals surface area contributed by atoms with Gasteiger partial charge in [-0.2, -0.15) is 0 Å². The van der Waals surface area contributed by atoms with Crippen molar-refractivity contribution in [1.82, 2.24) is 0 Å². The molecular formula is C13H25NO3S. The van der Waals surface area contributed by atoms with E-state index in [-0.39, 0.29) is 23.9 Å². The Hall–Kier alpha value is -0.420. The molecule has 1 saturated carbocycles. The van der Waals surface area contributed by atoms with Crippen LogP contribution < -0.4 is 5.73 Å². The topological polar surface area (TPSA) is 77.2 Å². The molecule has 106 valence electrons. The van der Waals surface area contributed by atoms with Gasteiger partial charge in [-0.25, -0.2) is 8.42 Å². The molecule has 0 amide bonds. The summed E-state index contributed by atoms with van der Waals surface area (Å²) in [6.07, 6.45) is 4.28. The van der Waals surface area contributed by atoms with Crippen LogP contribution in [0.1, 0.15) is 39.5 Å². The monoisotopic (exact) mass is 275 g/mol. The van der Waals surface area contributed by atoms with Gasteiger partial charge in [0.05, 0.1) is 11.8 Å². The summed E-state index contributed by atoms with van der Waals surface area (Å²) in [7, 11) is -3.04. The zero-order chi connectivity index (χ0) is 13.9. The van der Waals surface area contributed by atoms with Crippen LogP contribution >= 0.6 is 0 Å². The predicted octanol–water partition coefficient (Wildman–Crippen LogP) is 1.39. The van der Waals surface area contributed by atoms with Crippen molar-refractivity contribution in [2.24, 2.45) is 23.5 Å². The fraction of sp³-hybridized carbons (Fsp3) is 0.923. The van der Waals surface area contributed by atoms with Crippen molar-refractivity contribution in [3.63, 3.8) is 0 Å². The van der Waals surface area contributed by atoms with Gasteiger partial charge in [0.2, 0.25) is 0 Å². The minimum absolute atomic E-state index is 0.00141. The first-order valence-electron chi connectivity index (χ1n) is 6.67. The van der Waals surface area contributed by atoms with E-state index in [4.69, 9.17) is 5.73 Å². The van der Waals surface area contributed by atoms with Crippen LogP contribution in [0.25, 0.3) is 0 Å². The molecule has 0 aliphatic heterocycles. The summed E-state index contributed by atoms with van der Waals surface area (Å²) in [5.74, 6) is 1.30. The third kappa shape index (κ3) is 4.69. The average molecular weight is 275 g/mol. The van der Waals surface area contributed by atoms with Crippen LogP contribution in [0.4, 0.5) is 0 Å². The molecule has 0 aromatic heterocycles. The van der Waals surface area contributed by atoms with Crippen LogP contribution in [0.15, 0.2) is 0 Å². The molecule has 1 aliphatic carbocycles. The second-order valence-corrected chi connectivity index (χ2v) is 8.15. The summed E-state index contributed by atoms with van der Waals surface area (Å²) >= 11 is 0. The van der Waals surface area contributed by atoms with Gasteiger partial charge >= 0.3 is 0 Å². The van der Waals surface area contributed by atoms with Crippen molar-refractivity contribution in [1.29, 1.82) is 0 Å². The van der Waals surface area contributed by atoms with E-state index in [1.54, 1.807) is 0 Å². The molecule has 0 radical (unpaired) electrons. The van der Waals surface area contributed by atoms with Gasteiger partial charge in [-0.3, -0.25) is 4.79 Å². The highest BCUT2D eigenvalue weighted by molar-refractivity contribution is 7.90. The molecule has 4 atom stereocenters. The molecule has 4 unspecified atom stereocenters. The Bertz CT molecular complexity index is 391. The molecule has 0 spiro atoms. The van der Waals surface area contributed by atoms with Gasteiger partial charge in [-0.15, -0.1) is 0 Å². The normalized spacial score (nSPS) is 31.0. The van der Waals surface area contributed by atoms with Crippen molar-refractivity contribution in [2.75, 3.05) is 12.0 Å². The molecule has 18 heavy (non-hydrogen) atoms. The minimum atomic E-state index is -3.04. The number of Topliss-reactive ketones (excluding diaryl/α,β-unsaturated/α-hetero) is 1. The Morgan fingerprint density at radius 1 is 1.28 bits per heavy atom. The molecule has 5 heteroatoms. The summed E-state index contributed by atoms with van der Waals surface area (Å²) in [6, 6.07) is -0.620. The number of sulfone groups is 1. The van der Waals surface area contributed by atoms with Gasteiger partial charge in [0.15, 0.2) is 5.78 Å². The van der Waals surface area contributed by atoms with E-state index in [0.29, 0.717) is 11.8 Å². The molecule has 0 heterocycles. The number of hydrogen-bond acceptors (Lipinski definition) is 4. The van der Waals surface area contributed by atoms with E-state index in [9.17, 15) is 13.2 Å². The van der Waals surface area contributed by atoms with Crippen LogP contribution in [0, 0.1) is 17.8 Å². The van der Waals surface area contributed by atoms with Gasteiger partial charge in [-0.05, 0) is 37.5 Å². The highest BCUT2D eigenvalue weighted by Crippen LogP contribution is 2.34. The second-order valence-electron chi connectivity index (χ2n) is 5.89. The highest BCUT2D eigenvalue weighted by Gasteiger charge is 2.31. The zero-order valence-electron chi connectivity index (χ0n) is 11.6. The van der Waals surface area contributed by atoms with E-state index >= 15 is 0 Å². The molecule has 1 fully saturated rings. The summed E-state index contributed by atoms with van der Waals surface area (Å²) < 4.78 is 22.1. The third-order valence-corrected chi connectivity index (χ3v) is 5.14. The lowest BCUT2D eigenvalue weighted by Gasteiger charge is -2.32. The van der Waals surface area contributed by atoms with Gasteiger partial charge in [0.1, 0.15) is 9.84 Å². The Kier molecular flexibility index (Phi) is 5.34. The number of rotatable bonds is 5. The fourth-order valence-electron chi connectivity index (χ4n) is 2.59. The first kappa shape index (κ1) is 15.6. The third-order valence-electron chi connectivity index (χ3n) is 4.17. The second kappa shape index (κ2) is 6.15. The first-order valence-corrected chi connectivity index (χ1v) is 8.73. The number of carbonyl (C=O) groups is 1. The minimum Gasteiger partial charge on any atom is -0.321 e. The zero-order valence-corrected chi connectivity index (χ0v) is 12.4. The molecule has 0 bridgehead atoms. The first-order chi connectivity index (χ1) is 8.20. The van der Waals surface area contributed by atoms with E-state index in [1.807, 2.05) is 0 Å². The van der Waals surface area contributed by atoms with Crippen LogP contribution in [0.3, 0.4) is 0 Å². The average Bonchev–Trinajstić information content (AvgIpc) is 2.27. The number of carbonyl (C=O) groups excluding carboxylic acids is 1. The highest BCUT2D eigenvalue weighted by atomic mass is 32.2. The lowest BCUT2D eigenvalue weighted by Crippen LogP contribution is -2.39. The molecule has 4 nitrogen and oxygen atoms in total. The smallest absolute Gasteiger partial charge is 0.152 e. The fourth-order valence-corrected chi connectivity index (χ4v) is 3.27. The maximum absolute atomic E-state index is 12.1. The van der Waals surface area contributed by atoms with E-state index in [2.05, 4.69) is 13.8 Å². The molecule has 0 saturated heterocycles. The summed E-state index contributed by atoms with van der Waals surface area (Å²) in [5, 5.41) is 0. The maximum atomic E-state index is 12.1. The van der Waals surface area contributed by atoms with Gasteiger partial charge in [0.25, 0.3) is 0 Å². The van der Waals surface area contributed by atoms with E-state index in [1.165, 1.54) is 6.26 Å². The standard InChI is InChI=1S/C13H25NO3S/c1-9-4-5-11(8-10(9)2)13(15)12(14)6-7-18(3,16)17/h9-12H,4-8,14H2,1-3H3. The number of ketones is 1. The molecule has 2 N–H and O–H groups in total. The lowest BCUT2D eigenvalue weighted by molar-refractivity contribution is -0.126. The molecule has 1 rings (SSSR count). The van der Waals surface area contributed by atoms with Crippen molar-refractivity contribution in [3.8, 4) is 0 Å². The van der Waals surface area contributed by atoms with Gasteiger partial charge in [0, 0.05) is 12.2 Å². The van der Waals surface area contributed by atoms with E-state index in [0.717, 1.165) is 19.3 Å². The summed E-state index contributed by atoms with van der Waals surface area (Å²) in [5.41, 5.74) is 5.82. The number of hydrogen-bond donors (Lipinski definition) is 1. The van der Waals surface area contributed by atoms with Crippen molar-refractivity contribution in [3.05, 3.63) is 0 Å². The summed E-state index contributed by atoms with van der Waals surface area (Å²) in [6.45, 7) is 4.39. The Labute approximate surface area is 110 Å². The molecular weight excluding hydrogens is 250 g/mol. The van der Waals surface area contributed by atoms with Crippen molar-refractivity contribution < 1.29 is 13.2 Å². The molecule has 1 aliphatic rings. The van der Waals surface area contributed by atoms with Gasteiger partial charge in [-0.1, -0.05) is 13.8 Å². The summed E-state index contributed by atoms with van der Waals surface area (Å²) in [4.78, 5) is 12.1. The van der Waals surface area contributed by atoms with Crippen molar-refractivity contribution in [2.45, 2.75) is 45.6 Å². The van der Waals surface area contributed by atoms with Crippen LogP contribution in [0.2, 0.25) is 0 Å². The van der Waals surface area contributed by atoms with Crippen LogP contribution in [-0.2, 0) is 14.6 Å². The Morgan fingerprint density at radius 3 is 2.39 bits per heavy atom. The van der Waals surface area contributed by atoms with Crippen LogP contribution in [-0.4, -0.2) is 32.3 Å². The van der Waals surface area contributed by atoms with Crippen LogP contribution in [0.5, 0.6) is 0 Å². The predicted molar refractivity (Wildman–Crippen MR) is 73.0 cm³/mol. The van der Waals surface area contributed by atoms with E-state index < -0.39 is 15.9 Å². The van der Waals surface area contributed by atoms with Gasteiger partial charge < -0.3 is 5.73 Å². The number of nitrogens with two attached hydrogens (primary N) is 1. The maximum Gasteiger partial charge on any atom is 0.152 e. The molecule has 0 aromatic rings. The quantitative estimate of drug-likeness (QED) is 0.822.